The molecule has 0 spiro atoms. The number of allylic oxidation sites excluding steroid dienone is 2. The van der Waals surface area contributed by atoms with Gasteiger partial charge >= 0.3 is 0 Å². The third-order valence-electron chi connectivity index (χ3n) is 3.84. The topological polar surface area (TPSA) is 17.1 Å². The average Bonchev–Trinajstić information content (AvgIpc) is 2.59. The molecule has 1 heteroatoms. The molecule has 0 aromatic rings. The molecule has 3 rings (SSSR count). The smallest absolute Gasteiger partial charge is 0.133 e. The number of ketones is 1. The molecular weight excluding hydrogens is 148 g/mol. The van der Waals surface area contributed by atoms with Gasteiger partial charge in [-0.05, 0) is 37.5 Å². The average molecular weight is 162 g/mol. The second kappa shape index (κ2) is 2.21. The fourth-order valence-corrected chi connectivity index (χ4v) is 3.38. The van der Waals surface area contributed by atoms with Crippen LogP contribution in [0.3, 0.4) is 0 Å². The molecule has 12 heavy (non-hydrogen) atoms. The molecule has 3 aliphatic carbocycles. The van der Waals surface area contributed by atoms with E-state index >= 15 is 0 Å². The van der Waals surface area contributed by atoms with Crippen LogP contribution in [0.4, 0.5) is 0 Å². The van der Waals surface area contributed by atoms with E-state index in [1.165, 1.54) is 25.7 Å². The summed E-state index contributed by atoms with van der Waals surface area (Å²) in [5, 5.41) is 0. The summed E-state index contributed by atoms with van der Waals surface area (Å²) in [6.07, 6.45) is 7.05. The Kier molecular flexibility index (Phi) is 1.27. The van der Waals surface area contributed by atoms with Crippen LogP contribution in [-0.4, -0.2) is 5.78 Å². The third-order valence-corrected chi connectivity index (χ3v) is 3.84. The minimum absolute atomic E-state index is 0.517. The Bertz CT molecular complexity index is 275. The van der Waals surface area contributed by atoms with Crippen molar-refractivity contribution in [1.82, 2.24) is 0 Å². The zero-order valence-electron chi connectivity index (χ0n) is 7.31. The van der Waals surface area contributed by atoms with Crippen LogP contribution in [0.5, 0.6) is 0 Å². The minimum Gasteiger partial charge on any atom is -0.300 e. The van der Waals surface area contributed by atoms with Gasteiger partial charge < -0.3 is 0 Å². The molecule has 64 valence electrons. The summed E-state index contributed by atoms with van der Waals surface area (Å²) in [5.41, 5.74) is 3.43. The zero-order chi connectivity index (χ0) is 8.13. The largest absolute Gasteiger partial charge is 0.300 e. The molecule has 0 amide bonds. The Hall–Kier alpha value is -0.590. The number of carbonyl (C=O) groups excluding carboxylic acids is 1. The molecule has 0 bridgehead atoms. The quantitative estimate of drug-likeness (QED) is 0.500. The van der Waals surface area contributed by atoms with E-state index in [4.69, 9.17) is 0 Å². The van der Waals surface area contributed by atoms with Crippen LogP contribution in [0.1, 0.15) is 38.5 Å². The van der Waals surface area contributed by atoms with E-state index in [-0.39, 0.29) is 0 Å². The summed E-state index contributed by atoms with van der Waals surface area (Å²) in [7, 11) is 0. The maximum Gasteiger partial charge on any atom is 0.133 e. The molecule has 0 aliphatic heterocycles. The Morgan fingerprint density at radius 2 is 2.00 bits per heavy atom. The van der Waals surface area contributed by atoms with E-state index in [1.807, 2.05) is 0 Å². The number of rotatable bonds is 0. The van der Waals surface area contributed by atoms with Crippen molar-refractivity contribution in [3.63, 3.8) is 0 Å². The maximum absolute atomic E-state index is 11.2. The lowest BCUT2D eigenvalue weighted by Gasteiger charge is -2.11. The molecule has 1 fully saturated rings. The fraction of sp³-hybridized carbons (Fsp3) is 0.727. The first-order chi connectivity index (χ1) is 5.84. The van der Waals surface area contributed by atoms with Gasteiger partial charge in [0.25, 0.3) is 0 Å². The summed E-state index contributed by atoms with van der Waals surface area (Å²) in [6.45, 7) is 0. The molecule has 2 atom stereocenters. The first-order valence-corrected chi connectivity index (χ1v) is 5.07. The van der Waals surface area contributed by atoms with E-state index < -0.39 is 0 Å². The van der Waals surface area contributed by atoms with Gasteiger partial charge in [0.1, 0.15) is 5.78 Å². The van der Waals surface area contributed by atoms with E-state index in [0.717, 1.165) is 18.8 Å². The molecule has 0 aromatic carbocycles. The van der Waals surface area contributed by atoms with Crippen molar-refractivity contribution in [2.24, 2.45) is 11.8 Å². The SMILES string of the molecule is O=C1C[C@H]2CC3=C(CCC3)[C@H]2C1. The van der Waals surface area contributed by atoms with Gasteiger partial charge in [-0.3, -0.25) is 4.79 Å². The number of hydrogen-bond acceptors (Lipinski definition) is 1. The molecule has 1 nitrogen and oxygen atoms in total. The van der Waals surface area contributed by atoms with Crippen molar-refractivity contribution in [1.29, 1.82) is 0 Å². The third kappa shape index (κ3) is 0.769. The first-order valence-electron chi connectivity index (χ1n) is 5.07. The zero-order valence-corrected chi connectivity index (χ0v) is 7.31. The number of fused-ring (bicyclic) bond motifs is 2. The summed E-state index contributed by atoms with van der Waals surface area (Å²) in [4.78, 5) is 11.2. The molecule has 0 N–H and O–H groups in total. The highest BCUT2D eigenvalue weighted by molar-refractivity contribution is 5.82. The van der Waals surface area contributed by atoms with Crippen molar-refractivity contribution in [2.45, 2.75) is 38.5 Å². The number of Topliss-reactive ketones (excluding diaryl/α,β-unsaturated/α-hetero) is 1. The molecule has 0 unspecified atom stereocenters. The van der Waals surface area contributed by atoms with Crippen LogP contribution in [0.2, 0.25) is 0 Å². The van der Waals surface area contributed by atoms with E-state index in [2.05, 4.69) is 0 Å². The lowest BCUT2D eigenvalue weighted by atomic mass is 9.93. The Morgan fingerprint density at radius 1 is 1.08 bits per heavy atom. The van der Waals surface area contributed by atoms with E-state index in [0.29, 0.717) is 11.7 Å². The molecule has 0 radical (unpaired) electrons. The van der Waals surface area contributed by atoms with Gasteiger partial charge in [0.05, 0.1) is 0 Å². The highest BCUT2D eigenvalue weighted by Crippen LogP contribution is 2.51. The van der Waals surface area contributed by atoms with Crippen molar-refractivity contribution < 1.29 is 4.79 Å². The predicted molar refractivity (Wildman–Crippen MR) is 46.7 cm³/mol. The molecule has 3 aliphatic rings. The van der Waals surface area contributed by atoms with Crippen LogP contribution >= 0.6 is 0 Å². The molecule has 0 saturated heterocycles. The molecule has 0 heterocycles. The lowest BCUT2D eigenvalue weighted by Crippen LogP contribution is -2.02. The van der Waals surface area contributed by atoms with Crippen LogP contribution in [0.25, 0.3) is 0 Å². The van der Waals surface area contributed by atoms with Gasteiger partial charge in [0, 0.05) is 12.8 Å². The van der Waals surface area contributed by atoms with Crippen LogP contribution < -0.4 is 0 Å². The van der Waals surface area contributed by atoms with Gasteiger partial charge in [-0.15, -0.1) is 0 Å². The predicted octanol–water partition coefficient (Wildman–Crippen LogP) is 2.47. The first kappa shape index (κ1) is 6.88. The van der Waals surface area contributed by atoms with Crippen molar-refractivity contribution in [3.05, 3.63) is 11.1 Å². The molecular formula is C11H14O. The monoisotopic (exact) mass is 162 g/mol. The molecule has 1 saturated carbocycles. The molecule has 0 aromatic heterocycles. The van der Waals surface area contributed by atoms with Crippen LogP contribution in [0.15, 0.2) is 11.1 Å². The second-order valence-corrected chi connectivity index (χ2v) is 4.50. The number of hydrogen-bond donors (Lipinski definition) is 0. The van der Waals surface area contributed by atoms with Crippen molar-refractivity contribution in [2.75, 3.05) is 0 Å². The normalized spacial score (nSPS) is 39.2. The van der Waals surface area contributed by atoms with Gasteiger partial charge in [0.2, 0.25) is 0 Å². The fourth-order valence-electron chi connectivity index (χ4n) is 3.38. The maximum atomic E-state index is 11.2. The van der Waals surface area contributed by atoms with Crippen LogP contribution in [-0.2, 0) is 4.79 Å². The highest BCUT2D eigenvalue weighted by atomic mass is 16.1. The van der Waals surface area contributed by atoms with Gasteiger partial charge in [-0.1, -0.05) is 11.1 Å². The number of carbonyl (C=O) groups is 1. The summed E-state index contributed by atoms with van der Waals surface area (Å²) < 4.78 is 0. The second-order valence-electron chi connectivity index (χ2n) is 4.50. The van der Waals surface area contributed by atoms with Gasteiger partial charge in [-0.25, -0.2) is 0 Å². The van der Waals surface area contributed by atoms with Gasteiger partial charge in [0.15, 0.2) is 0 Å². The Labute approximate surface area is 72.8 Å². The van der Waals surface area contributed by atoms with E-state index in [9.17, 15) is 4.79 Å². The standard InChI is InChI=1S/C11H14O/c12-9-5-8-4-7-2-1-3-10(7)11(8)6-9/h8,11H,1-6H2/t8-,11+/m1/s1. The summed E-state index contributed by atoms with van der Waals surface area (Å²) >= 11 is 0. The Balaban J connectivity index is 1.93. The highest BCUT2D eigenvalue weighted by Gasteiger charge is 2.42. The van der Waals surface area contributed by atoms with Gasteiger partial charge in [-0.2, -0.15) is 0 Å². The summed E-state index contributed by atoms with van der Waals surface area (Å²) in [5.74, 6) is 1.96. The Morgan fingerprint density at radius 3 is 2.92 bits per heavy atom. The van der Waals surface area contributed by atoms with Crippen molar-refractivity contribution >= 4 is 5.78 Å². The van der Waals surface area contributed by atoms with Crippen molar-refractivity contribution in [3.8, 4) is 0 Å². The lowest BCUT2D eigenvalue weighted by molar-refractivity contribution is -0.117. The van der Waals surface area contributed by atoms with Crippen LogP contribution in [0, 0.1) is 11.8 Å². The summed E-state index contributed by atoms with van der Waals surface area (Å²) in [6, 6.07) is 0. The van der Waals surface area contributed by atoms with E-state index in [1.54, 1.807) is 11.1 Å². The minimum atomic E-state index is 0.517.